The summed E-state index contributed by atoms with van der Waals surface area (Å²) in [6, 6.07) is 8.05. The second-order valence-corrected chi connectivity index (χ2v) is 9.74. The van der Waals surface area contributed by atoms with Gasteiger partial charge in [-0.15, -0.1) is 11.3 Å². The molecule has 3 rings (SSSR count). The van der Waals surface area contributed by atoms with Crippen LogP contribution in [-0.2, 0) is 11.2 Å². The Morgan fingerprint density at radius 3 is 2.65 bits per heavy atom. The Bertz CT molecular complexity index is 709. The number of thiazole rings is 1. The highest BCUT2D eigenvalue weighted by Crippen LogP contribution is 2.26. The van der Waals surface area contributed by atoms with Crippen molar-refractivity contribution >= 4 is 27.3 Å². The Labute approximate surface area is 160 Å². The third-order valence-corrected chi connectivity index (χ3v) is 6.38. The Morgan fingerprint density at radius 1 is 1.31 bits per heavy atom. The molecule has 142 valence electrons. The quantitative estimate of drug-likeness (QED) is 0.833. The van der Waals surface area contributed by atoms with Crippen LogP contribution in [0.2, 0.25) is 0 Å². The number of para-hydroxylation sites is 1. The molecule has 2 aromatic rings. The number of hydrogen-bond donors (Lipinski definition) is 1. The van der Waals surface area contributed by atoms with Crippen LogP contribution < -0.4 is 0 Å². The lowest BCUT2D eigenvalue weighted by Crippen LogP contribution is -2.43. The Hall–Kier alpha value is -1.30. The summed E-state index contributed by atoms with van der Waals surface area (Å²) in [6.45, 7) is 8.91. The molecule has 2 heterocycles. The molecule has 1 N–H and O–H groups in total. The largest absolute Gasteiger partial charge is 0.391 e. The van der Waals surface area contributed by atoms with Crippen molar-refractivity contribution in [1.82, 2.24) is 9.88 Å². The van der Waals surface area contributed by atoms with Gasteiger partial charge in [0.1, 0.15) is 10.8 Å². The number of aliphatic hydroxyl groups is 1. The molecule has 1 aliphatic heterocycles. The number of carbonyl (C=O) groups excluding carboxylic acids is 1. The first-order valence-corrected chi connectivity index (χ1v) is 10.4. The molecule has 0 amide bonds. The summed E-state index contributed by atoms with van der Waals surface area (Å²) in [4.78, 5) is 19.4. The van der Waals surface area contributed by atoms with Crippen LogP contribution in [0.5, 0.6) is 0 Å². The number of fused-ring (bicyclic) bond motifs is 1. The molecule has 1 fully saturated rings. The molecular weight excluding hydrogens is 344 g/mol. The first-order chi connectivity index (χ1) is 12.3. The van der Waals surface area contributed by atoms with Crippen molar-refractivity contribution in [2.24, 2.45) is 11.3 Å². The summed E-state index contributed by atoms with van der Waals surface area (Å²) >= 11 is 1.63. The molecule has 1 saturated heterocycles. The minimum Gasteiger partial charge on any atom is -0.391 e. The van der Waals surface area contributed by atoms with E-state index in [-0.39, 0.29) is 11.5 Å². The summed E-state index contributed by atoms with van der Waals surface area (Å²) in [5.74, 6) is 0.775. The number of nitrogens with zero attached hydrogens (tertiary/aromatic N) is 2. The molecule has 0 bridgehead atoms. The summed E-state index contributed by atoms with van der Waals surface area (Å²) in [7, 11) is 0. The molecule has 5 heteroatoms. The lowest BCUT2D eigenvalue weighted by atomic mass is 9.87. The average Bonchev–Trinajstić information content (AvgIpc) is 2.97. The van der Waals surface area contributed by atoms with Crippen molar-refractivity contribution in [2.75, 3.05) is 19.6 Å². The van der Waals surface area contributed by atoms with Gasteiger partial charge in [0.25, 0.3) is 0 Å². The van der Waals surface area contributed by atoms with Crippen LogP contribution in [-0.4, -0.2) is 46.5 Å². The van der Waals surface area contributed by atoms with Gasteiger partial charge < -0.3 is 10.0 Å². The number of rotatable bonds is 6. The van der Waals surface area contributed by atoms with Crippen molar-refractivity contribution in [3.8, 4) is 0 Å². The molecule has 1 aromatic heterocycles. The highest BCUT2D eigenvalue weighted by Gasteiger charge is 2.27. The number of benzene rings is 1. The van der Waals surface area contributed by atoms with Gasteiger partial charge in [-0.25, -0.2) is 4.98 Å². The predicted molar refractivity (Wildman–Crippen MR) is 108 cm³/mol. The molecule has 0 aliphatic carbocycles. The number of β-amino-alcohol motifs (C(OH)–C–C–N with tert-alkyl or cyclic N) is 1. The minimum atomic E-state index is -0.306. The van der Waals surface area contributed by atoms with Crippen molar-refractivity contribution in [1.29, 1.82) is 0 Å². The minimum absolute atomic E-state index is 0.0793. The second kappa shape index (κ2) is 8.15. The smallest absolute Gasteiger partial charge is 0.139 e. The van der Waals surface area contributed by atoms with E-state index < -0.39 is 0 Å². The van der Waals surface area contributed by atoms with Crippen LogP contribution in [0.15, 0.2) is 24.3 Å². The van der Waals surface area contributed by atoms with Gasteiger partial charge in [0.15, 0.2) is 0 Å². The molecule has 26 heavy (non-hydrogen) atoms. The zero-order chi connectivity index (χ0) is 18.7. The number of piperidine rings is 1. The monoisotopic (exact) mass is 374 g/mol. The molecule has 1 atom stereocenters. The summed E-state index contributed by atoms with van der Waals surface area (Å²) in [5.41, 5.74) is 0.912. The lowest BCUT2D eigenvalue weighted by molar-refractivity contribution is -0.119. The Kier molecular flexibility index (Phi) is 6.10. The van der Waals surface area contributed by atoms with Crippen LogP contribution in [0.1, 0.15) is 45.0 Å². The summed E-state index contributed by atoms with van der Waals surface area (Å²) in [6.07, 6.45) is 2.90. The van der Waals surface area contributed by atoms with E-state index in [9.17, 15) is 9.90 Å². The van der Waals surface area contributed by atoms with E-state index in [1.54, 1.807) is 11.3 Å². The van der Waals surface area contributed by atoms with E-state index in [0.717, 1.165) is 47.7 Å². The van der Waals surface area contributed by atoms with E-state index in [1.165, 1.54) is 0 Å². The predicted octanol–water partition coefficient (Wildman–Crippen LogP) is 3.92. The Balaban J connectivity index is 1.44. The van der Waals surface area contributed by atoms with Gasteiger partial charge in [0.05, 0.1) is 22.7 Å². The molecule has 1 aromatic carbocycles. The fourth-order valence-corrected chi connectivity index (χ4v) is 4.45. The highest BCUT2D eigenvalue weighted by atomic mass is 32.1. The van der Waals surface area contributed by atoms with Crippen molar-refractivity contribution in [3.63, 3.8) is 0 Å². The van der Waals surface area contributed by atoms with Crippen LogP contribution in [0.25, 0.3) is 10.2 Å². The van der Waals surface area contributed by atoms with E-state index in [1.807, 2.05) is 18.2 Å². The standard InChI is InChI=1S/C21H30N2O2S/c1-21(2,3)19(25)14-23-10-8-15(9-11-23)12-16(24)13-20-22-17-6-4-5-7-18(17)26-20/h4-7,15,19,25H,8-14H2,1-3H3. The maximum absolute atomic E-state index is 12.5. The number of likely N-dealkylation sites (tertiary alicyclic amines) is 1. The molecule has 1 aliphatic rings. The summed E-state index contributed by atoms with van der Waals surface area (Å²) < 4.78 is 1.15. The molecule has 0 saturated carbocycles. The topological polar surface area (TPSA) is 53.4 Å². The van der Waals surface area contributed by atoms with E-state index in [2.05, 4.69) is 36.7 Å². The molecule has 0 spiro atoms. The number of hydrogen-bond acceptors (Lipinski definition) is 5. The van der Waals surface area contributed by atoms with Gasteiger partial charge in [0, 0.05) is 13.0 Å². The lowest BCUT2D eigenvalue weighted by Gasteiger charge is -2.36. The normalized spacial score (nSPS) is 18.3. The first-order valence-electron chi connectivity index (χ1n) is 9.58. The highest BCUT2D eigenvalue weighted by molar-refractivity contribution is 7.18. The zero-order valence-corrected chi connectivity index (χ0v) is 16.9. The Morgan fingerprint density at radius 2 is 2.00 bits per heavy atom. The molecule has 1 unspecified atom stereocenters. The molecule has 4 nitrogen and oxygen atoms in total. The maximum atomic E-state index is 12.5. The number of aromatic nitrogens is 1. The van der Waals surface area contributed by atoms with Gasteiger partial charge in [-0.2, -0.15) is 0 Å². The van der Waals surface area contributed by atoms with Gasteiger partial charge >= 0.3 is 0 Å². The van der Waals surface area contributed by atoms with Crippen molar-refractivity contribution < 1.29 is 9.90 Å². The van der Waals surface area contributed by atoms with Gasteiger partial charge in [-0.1, -0.05) is 32.9 Å². The van der Waals surface area contributed by atoms with E-state index in [4.69, 9.17) is 0 Å². The fraction of sp³-hybridized carbons (Fsp3) is 0.619. The fourth-order valence-electron chi connectivity index (χ4n) is 3.45. The third kappa shape index (κ3) is 5.12. The van der Waals surface area contributed by atoms with E-state index >= 15 is 0 Å². The second-order valence-electron chi connectivity index (χ2n) is 8.62. The van der Waals surface area contributed by atoms with Crippen molar-refractivity contribution in [3.05, 3.63) is 29.3 Å². The zero-order valence-electron chi connectivity index (χ0n) is 16.1. The number of aliphatic hydroxyl groups excluding tert-OH is 1. The maximum Gasteiger partial charge on any atom is 0.139 e. The first kappa shape index (κ1) is 19.5. The van der Waals surface area contributed by atoms with Crippen LogP contribution >= 0.6 is 11.3 Å². The SMILES string of the molecule is CC(C)(C)C(O)CN1CCC(CC(=O)Cc2nc3ccccc3s2)CC1. The average molecular weight is 375 g/mol. The van der Waals surface area contributed by atoms with Gasteiger partial charge in [-0.3, -0.25) is 4.79 Å². The number of Topliss-reactive ketones (excluding diaryl/α,β-unsaturated/α-hetero) is 1. The van der Waals surface area contributed by atoms with Gasteiger partial charge in [-0.05, 0) is 49.4 Å². The molecule has 0 radical (unpaired) electrons. The number of carbonyl (C=O) groups is 1. The van der Waals surface area contributed by atoms with Crippen LogP contribution in [0.4, 0.5) is 0 Å². The molecular formula is C21H30N2O2S. The van der Waals surface area contributed by atoms with Crippen LogP contribution in [0, 0.1) is 11.3 Å². The van der Waals surface area contributed by atoms with Crippen LogP contribution in [0.3, 0.4) is 0 Å². The van der Waals surface area contributed by atoms with Crippen molar-refractivity contribution in [2.45, 2.75) is 52.6 Å². The van der Waals surface area contributed by atoms with Gasteiger partial charge in [0.2, 0.25) is 0 Å². The summed E-state index contributed by atoms with van der Waals surface area (Å²) in [5, 5.41) is 11.2. The number of ketones is 1. The van der Waals surface area contributed by atoms with E-state index in [0.29, 0.717) is 24.5 Å². The third-order valence-electron chi connectivity index (χ3n) is 5.34.